The summed E-state index contributed by atoms with van der Waals surface area (Å²) in [6.07, 6.45) is 8.56. The highest BCUT2D eigenvalue weighted by atomic mass is 16.5. The van der Waals surface area contributed by atoms with Crippen molar-refractivity contribution in [2.75, 3.05) is 32.8 Å². The van der Waals surface area contributed by atoms with Crippen LogP contribution >= 0.6 is 0 Å². The van der Waals surface area contributed by atoms with Gasteiger partial charge in [0.2, 0.25) is 0 Å². The second-order valence-corrected chi connectivity index (χ2v) is 5.64. The van der Waals surface area contributed by atoms with E-state index in [1.807, 2.05) is 0 Å². The Kier molecular flexibility index (Phi) is 5.75. The lowest BCUT2D eigenvalue weighted by Crippen LogP contribution is -2.37. The molecular weight excluding hydrogens is 212 g/mol. The molecule has 1 heterocycles. The Morgan fingerprint density at radius 1 is 1.18 bits per heavy atom. The van der Waals surface area contributed by atoms with Gasteiger partial charge in [-0.2, -0.15) is 0 Å². The highest BCUT2D eigenvalue weighted by Crippen LogP contribution is 2.20. The molecule has 100 valence electrons. The molecule has 0 aromatic carbocycles. The number of hydrogen-bond acceptors (Lipinski definition) is 3. The van der Waals surface area contributed by atoms with Crippen LogP contribution in [0.2, 0.25) is 0 Å². The van der Waals surface area contributed by atoms with E-state index >= 15 is 0 Å². The third kappa shape index (κ3) is 4.94. The van der Waals surface area contributed by atoms with E-state index in [1.165, 1.54) is 58.2 Å². The lowest BCUT2D eigenvalue weighted by Gasteiger charge is -2.25. The first-order chi connectivity index (χ1) is 8.34. The van der Waals surface area contributed by atoms with Crippen LogP contribution in [-0.2, 0) is 4.74 Å². The minimum Gasteiger partial charge on any atom is -0.377 e. The van der Waals surface area contributed by atoms with Gasteiger partial charge >= 0.3 is 0 Å². The van der Waals surface area contributed by atoms with Gasteiger partial charge in [0, 0.05) is 19.1 Å². The molecule has 1 aliphatic carbocycles. The van der Waals surface area contributed by atoms with Crippen molar-refractivity contribution in [2.24, 2.45) is 0 Å². The Bertz CT molecular complexity index is 204. The van der Waals surface area contributed by atoms with Crippen LogP contribution in [-0.4, -0.2) is 49.8 Å². The van der Waals surface area contributed by atoms with E-state index in [0.29, 0.717) is 12.1 Å². The summed E-state index contributed by atoms with van der Waals surface area (Å²) in [5.74, 6) is 0. The van der Waals surface area contributed by atoms with Crippen molar-refractivity contribution in [1.29, 1.82) is 0 Å². The van der Waals surface area contributed by atoms with Crippen molar-refractivity contribution in [3.63, 3.8) is 0 Å². The largest absolute Gasteiger partial charge is 0.377 e. The summed E-state index contributed by atoms with van der Waals surface area (Å²) < 4.78 is 6.00. The van der Waals surface area contributed by atoms with E-state index in [2.05, 4.69) is 17.1 Å². The summed E-state index contributed by atoms with van der Waals surface area (Å²) in [5.41, 5.74) is 0. The predicted octanol–water partition coefficient (Wildman–Crippen LogP) is 2.02. The van der Waals surface area contributed by atoms with Gasteiger partial charge in [0.15, 0.2) is 0 Å². The van der Waals surface area contributed by atoms with Crippen LogP contribution in [0, 0.1) is 0 Å². The number of ether oxygens (including phenoxy) is 1. The molecule has 0 spiro atoms. The first-order valence-electron chi connectivity index (χ1n) is 7.42. The maximum atomic E-state index is 6.00. The Morgan fingerprint density at radius 3 is 2.82 bits per heavy atom. The summed E-state index contributed by atoms with van der Waals surface area (Å²) in [6.45, 7) is 7.89. The molecule has 1 N–H and O–H groups in total. The zero-order chi connectivity index (χ0) is 11.9. The molecule has 1 atom stereocenters. The minimum atomic E-state index is 0.561. The van der Waals surface area contributed by atoms with Gasteiger partial charge in [-0.3, -0.25) is 4.90 Å². The highest BCUT2D eigenvalue weighted by molar-refractivity contribution is 4.73. The Hall–Kier alpha value is -0.120. The summed E-state index contributed by atoms with van der Waals surface area (Å²) >= 11 is 0. The molecular formula is C14H28N2O. The summed E-state index contributed by atoms with van der Waals surface area (Å²) in [5, 5.41) is 3.53. The molecule has 1 unspecified atom stereocenters. The quantitative estimate of drug-likeness (QED) is 0.813. The first-order valence-corrected chi connectivity index (χ1v) is 7.42. The van der Waals surface area contributed by atoms with Gasteiger partial charge < -0.3 is 10.1 Å². The van der Waals surface area contributed by atoms with Crippen molar-refractivity contribution in [1.82, 2.24) is 10.2 Å². The molecule has 2 fully saturated rings. The van der Waals surface area contributed by atoms with Gasteiger partial charge in [-0.15, -0.1) is 0 Å². The Labute approximate surface area is 106 Å². The average Bonchev–Trinajstić information content (AvgIpc) is 2.55. The van der Waals surface area contributed by atoms with Crippen molar-refractivity contribution < 1.29 is 4.74 Å². The lowest BCUT2D eigenvalue weighted by molar-refractivity contribution is 0.0162. The average molecular weight is 240 g/mol. The third-order valence-electron chi connectivity index (χ3n) is 3.99. The van der Waals surface area contributed by atoms with Gasteiger partial charge in [0.25, 0.3) is 0 Å². The minimum absolute atomic E-state index is 0.561. The number of nitrogens with zero attached hydrogens (tertiary/aromatic N) is 1. The van der Waals surface area contributed by atoms with Gasteiger partial charge in [-0.25, -0.2) is 0 Å². The van der Waals surface area contributed by atoms with Crippen LogP contribution in [0.15, 0.2) is 0 Å². The van der Waals surface area contributed by atoms with Crippen molar-refractivity contribution in [3.05, 3.63) is 0 Å². The molecule has 0 amide bonds. The number of nitrogens with one attached hydrogen (secondary N) is 1. The van der Waals surface area contributed by atoms with E-state index in [-0.39, 0.29) is 0 Å². The summed E-state index contributed by atoms with van der Waals surface area (Å²) in [4.78, 5) is 2.55. The van der Waals surface area contributed by atoms with Crippen LogP contribution in [0.3, 0.4) is 0 Å². The predicted molar refractivity (Wildman–Crippen MR) is 71.3 cm³/mol. The van der Waals surface area contributed by atoms with E-state index in [9.17, 15) is 0 Å². The first kappa shape index (κ1) is 13.3. The second-order valence-electron chi connectivity index (χ2n) is 5.64. The van der Waals surface area contributed by atoms with Crippen molar-refractivity contribution in [2.45, 2.75) is 57.6 Å². The molecule has 0 aromatic heterocycles. The highest BCUT2D eigenvalue weighted by Gasteiger charge is 2.16. The smallest absolute Gasteiger partial charge is 0.0597 e. The number of hydrogen-bond donors (Lipinski definition) is 1. The van der Waals surface area contributed by atoms with Gasteiger partial charge in [0.1, 0.15) is 0 Å². The fourth-order valence-electron chi connectivity index (χ4n) is 2.98. The summed E-state index contributed by atoms with van der Waals surface area (Å²) in [7, 11) is 0. The standard InChI is InChI=1S/C14H28N2O/c1-13-12-16(9-5-8-15-13)10-11-17-14-6-3-2-4-7-14/h13-15H,2-12H2,1H3. The van der Waals surface area contributed by atoms with Crippen molar-refractivity contribution >= 4 is 0 Å². The van der Waals surface area contributed by atoms with Gasteiger partial charge in [0.05, 0.1) is 12.7 Å². The van der Waals surface area contributed by atoms with Gasteiger partial charge in [-0.05, 0) is 39.3 Å². The van der Waals surface area contributed by atoms with E-state index in [4.69, 9.17) is 4.74 Å². The molecule has 2 aliphatic rings. The van der Waals surface area contributed by atoms with Gasteiger partial charge in [-0.1, -0.05) is 19.3 Å². The zero-order valence-corrected chi connectivity index (χ0v) is 11.3. The maximum absolute atomic E-state index is 6.00. The summed E-state index contributed by atoms with van der Waals surface area (Å²) in [6, 6.07) is 0.632. The molecule has 1 aliphatic heterocycles. The van der Waals surface area contributed by atoms with Crippen molar-refractivity contribution in [3.8, 4) is 0 Å². The maximum Gasteiger partial charge on any atom is 0.0597 e. The molecule has 17 heavy (non-hydrogen) atoms. The molecule has 2 rings (SSSR count). The van der Waals surface area contributed by atoms with Crippen LogP contribution in [0.1, 0.15) is 45.4 Å². The molecule has 1 saturated heterocycles. The van der Waals surface area contributed by atoms with E-state index in [0.717, 1.165) is 13.2 Å². The fraction of sp³-hybridized carbons (Fsp3) is 1.00. The Morgan fingerprint density at radius 2 is 2.00 bits per heavy atom. The second kappa shape index (κ2) is 7.34. The third-order valence-corrected chi connectivity index (χ3v) is 3.99. The molecule has 0 aromatic rings. The number of rotatable bonds is 4. The van der Waals surface area contributed by atoms with E-state index in [1.54, 1.807) is 0 Å². The monoisotopic (exact) mass is 240 g/mol. The SMILES string of the molecule is CC1CN(CCOC2CCCCC2)CCCN1. The van der Waals surface area contributed by atoms with Crippen LogP contribution in [0.5, 0.6) is 0 Å². The lowest BCUT2D eigenvalue weighted by atomic mass is 9.98. The molecule has 3 nitrogen and oxygen atoms in total. The molecule has 0 bridgehead atoms. The molecule has 1 saturated carbocycles. The topological polar surface area (TPSA) is 24.5 Å². The van der Waals surface area contributed by atoms with Crippen LogP contribution < -0.4 is 5.32 Å². The van der Waals surface area contributed by atoms with E-state index < -0.39 is 0 Å². The Balaban J connectivity index is 1.59. The molecule has 3 heteroatoms. The molecule has 0 radical (unpaired) electrons. The fourth-order valence-corrected chi connectivity index (χ4v) is 2.98. The van der Waals surface area contributed by atoms with Crippen LogP contribution in [0.4, 0.5) is 0 Å². The zero-order valence-electron chi connectivity index (χ0n) is 11.3. The van der Waals surface area contributed by atoms with Crippen LogP contribution in [0.25, 0.3) is 0 Å². The normalized spacial score (nSPS) is 29.1.